The van der Waals surface area contributed by atoms with Gasteiger partial charge in [-0.2, -0.15) is 0 Å². The third-order valence-electron chi connectivity index (χ3n) is 4.54. The number of rotatable bonds is 6. The van der Waals surface area contributed by atoms with Gasteiger partial charge in [-0.1, -0.05) is 56.0 Å². The van der Waals surface area contributed by atoms with E-state index in [1.807, 2.05) is 7.11 Å². The van der Waals surface area contributed by atoms with E-state index in [1.165, 1.54) is 43.2 Å². The summed E-state index contributed by atoms with van der Waals surface area (Å²) in [5, 5.41) is 3.65. The third-order valence-corrected chi connectivity index (χ3v) is 4.54. The molecule has 0 aromatic heterocycles. The van der Waals surface area contributed by atoms with E-state index in [-0.39, 0.29) is 6.10 Å². The zero-order valence-corrected chi connectivity index (χ0v) is 13.2. The Balaban J connectivity index is 2.20. The minimum atomic E-state index is 0.289. The maximum Gasteiger partial charge on any atom is 0.0794 e. The van der Waals surface area contributed by atoms with Crippen molar-refractivity contribution in [2.24, 2.45) is 5.92 Å². The maximum atomic E-state index is 5.94. The van der Waals surface area contributed by atoms with Gasteiger partial charge >= 0.3 is 0 Å². The topological polar surface area (TPSA) is 21.3 Å². The smallest absolute Gasteiger partial charge is 0.0794 e. The molecule has 112 valence electrons. The second-order valence-electron chi connectivity index (χ2n) is 6.05. The van der Waals surface area contributed by atoms with Crippen molar-refractivity contribution in [2.45, 2.75) is 58.1 Å². The quantitative estimate of drug-likeness (QED) is 0.838. The Hall–Kier alpha value is -0.860. The Morgan fingerprint density at radius 3 is 2.60 bits per heavy atom. The molecule has 1 N–H and O–H groups in total. The van der Waals surface area contributed by atoms with Crippen LogP contribution in [0.5, 0.6) is 0 Å². The Labute approximate surface area is 123 Å². The molecule has 1 aromatic rings. The highest BCUT2D eigenvalue weighted by Gasteiger charge is 2.31. The summed E-state index contributed by atoms with van der Waals surface area (Å²) in [5.41, 5.74) is 2.69. The molecule has 1 aromatic carbocycles. The standard InChI is InChI=1S/C18H29NO/c1-4-19-17(16-12-8-9-14(2)13-16)18(20-3)15-10-6-5-7-11-15/h8-9,12-13,15,17-19H,4-7,10-11H2,1-3H3. The molecular weight excluding hydrogens is 246 g/mol. The molecule has 0 radical (unpaired) electrons. The Morgan fingerprint density at radius 2 is 2.00 bits per heavy atom. The van der Waals surface area contributed by atoms with Crippen molar-refractivity contribution < 1.29 is 4.74 Å². The van der Waals surface area contributed by atoms with Gasteiger partial charge in [-0.05, 0) is 37.8 Å². The lowest BCUT2D eigenvalue weighted by Crippen LogP contribution is -2.39. The zero-order chi connectivity index (χ0) is 14.4. The van der Waals surface area contributed by atoms with Crippen LogP contribution in [0.25, 0.3) is 0 Å². The summed E-state index contributed by atoms with van der Waals surface area (Å²) in [6.07, 6.45) is 7.02. The van der Waals surface area contributed by atoms with Gasteiger partial charge in [0.15, 0.2) is 0 Å². The molecule has 2 unspecified atom stereocenters. The summed E-state index contributed by atoms with van der Waals surface area (Å²) in [6, 6.07) is 9.16. The first-order valence-corrected chi connectivity index (χ1v) is 8.09. The van der Waals surface area contributed by atoms with Gasteiger partial charge in [-0.3, -0.25) is 0 Å². The summed E-state index contributed by atoms with van der Waals surface area (Å²) in [5.74, 6) is 0.693. The normalized spacial score (nSPS) is 19.8. The largest absolute Gasteiger partial charge is 0.379 e. The fourth-order valence-corrected chi connectivity index (χ4v) is 3.57. The van der Waals surface area contributed by atoms with Crippen molar-refractivity contribution in [2.75, 3.05) is 13.7 Å². The molecule has 1 fully saturated rings. The molecule has 1 aliphatic rings. The van der Waals surface area contributed by atoms with Crippen LogP contribution < -0.4 is 5.32 Å². The molecule has 0 amide bonds. The third kappa shape index (κ3) is 3.83. The second-order valence-corrected chi connectivity index (χ2v) is 6.05. The van der Waals surface area contributed by atoms with Crippen LogP contribution in [0.15, 0.2) is 24.3 Å². The molecule has 1 aliphatic carbocycles. The van der Waals surface area contributed by atoms with Gasteiger partial charge in [-0.25, -0.2) is 0 Å². The fourth-order valence-electron chi connectivity index (χ4n) is 3.57. The van der Waals surface area contributed by atoms with Gasteiger partial charge < -0.3 is 10.1 Å². The lowest BCUT2D eigenvalue weighted by molar-refractivity contribution is 0.00791. The first-order valence-electron chi connectivity index (χ1n) is 8.09. The molecular formula is C18H29NO. The molecule has 2 nitrogen and oxygen atoms in total. The van der Waals surface area contributed by atoms with Crippen molar-refractivity contribution in [3.05, 3.63) is 35.4 Å². The number of nitrogens with one attached hydrogen (secondary N) is 1. The number of aryl methyl sites for hydroxylation is 1. The van der Waals surface area contributed by atoms with Crippen LogP contribution >= 0.6 is 0 Å². The Bertz CT molecular complexity index is 398. The zero-order valence-electron chi connectivity index (χ0n) is 13.2. The number of benzene rings is 1. The molecule has 20 heavy (non-hydrogen) atoms. The van der Waals surface area contributed by atoms with Crippen molar-refractivity contribution >= 4 is 0 Å². The SMILES string of the molecule is CCNC(c1cccc(C)c1)C(OC)C1CCCCC1. The van der Waals surface area contributed by atoms with E-state index >= 15 is 0 Å². The lowest BCUT2D eigenvalue weighted by Gasteiger charge is -2.35. The maximum absolute atomic E-state index is 5.94. The van der Waals surface area contributed by atoms with E-state index in [9.17, 15) is 0 Å². The molecule has 2 atom stereocenters. The van der Waals surface area contributed by atoms with Gasteiger partial charge in [0.05, 0.1) is 12.1 Å². The minimum Gasteiger partial charge on any atom is -0.379 e. The van der Waals surface area contributed by atoms with Gasteiger partial charge in [0, 0.05) is 7.11 Å². The Morgan fingerprint density at radius 1 is 1.25 bits per heavy atom. The highest BCUT2D eigenvalue weighted by atomic mass is 16.5. The van der Waals surface area contributed by atoms with Gasteiger partial charge in [-0.15, -0.1) is 0 Å². The first-order chi connectivity index (χ1) is 9.76. The van der Waals surface area contributed by atoms with Gasteiger partial charge in [0.25, 0.3) is 0 Å². The van der Waals surface area contributed by atoms with E-state index in [1.54, 1.807) is 0 Å². The predicted octanol–water partition coefficient (Wildman–Crippen LogP) is 4.24. The fraction of sp³-hybridized carbons (Fsp3) is 0.667. The van der Waals surface area contributed by atoms with Crippen LogP contribution in [0.2, 0.25) is 0 Å². The number of hydrogen-bond donors (Lipinski definition) is 1. The summed E-state index contributed by atoms with van der Waals surface area (Å²) in [4.78, 5) is 0. The monoisotopic (exact) mass is 275 g/mol. The van der Waals surface area contributed by atoms with Crippen LogP contribution in [0, 0.1) is 12.8 Å². The highest BCUT2D eigenvalue weighted by Crippen LogP contribution is 2.34. The van der Waals surface area contributed by atoms with Crippen LogP contribution in [-0.4, -0.2) is 19.8 Å². The molecule has 0 spiro atoms. The summed E-state index contributed by atoms with van der Waals surface area (Å²) >= 11 is 0. The van der Waals surface area contributed by atoms with Crippen molar-refractivity contribution in [3.8, 4) is 0 Å². The van der Waals surface area contributed by atoms with Crippen LogP contribution in [0.4, 0.5) is 0 Å². The molecule has 2 heteroatoms. The van der Waals surface area contributed by atoms with Gasteiger partial charge in [0.1, 0.15) is 0 Å². The first kappa shape index (κ1) is 15.5. The van der Waals surface area contributed by atoms with E-state index in [2.05, 4.69) is 43.4 Å². The molecule has 0 bridgehead atoms. The van der Waals surface area contributed by atoms with Crippen LogP contribution in [-0.2, 0) is 4.74 Å². The number of ether oxygens (including phenoxy) is 1. The number of likely N-dealkylation sites (N-methyl/N-ethyl adjacent to an activating group) is 1. The van der Waals surface area contributed by atoms with Crippen molar-refractivity contribution in [1.82, 2.24) is 5.32 Å². The van der Waals surface area contributed by atoms with Crippen LogP contribution in [0.1, 0.15) is 56.2 Å². The highest BCUT2D eigenvalue weighted by molar-refractivity contribution is 5.26. The molecule has 2 rings (SSSR count). The average molecular weight is 275 g/mol. The number of methoxy groups -OCH3 is 1. The molecule has 0 saturated heterocycles. The second kappa shape index (κ2) is 7.80. The van der Waals surface area contributed by atoms with Crippen LogP contribution in [0.3, 0.4) is 0 Å². The molecule has 0 heterocycles. The summed E-state index contributed by atoms with van der Waals surface area (Å²) < 4.78 is 5.94. The summed E-state index contributed by atoms with van der Waals surface area (Å²) in [6.45, 7) is 5.32. The van der Waals surface area contributed by atoms with Gasteiger partial charge in [0.2, 0.25) is 0 Å². The number of hydrogen-bond acceptors (Lipinski definition) is 2. The predicted molar refractivity (Wildman–Crippen MR) is 85.0 cm³/mol. The molecule has 0 aliphatic heterocycles. The van der Waals surface area contributed by atoms with Crippen molar-refractivity contribution in [3.63, 3.8) is 0 Å². The Kier molecular flexibility index (Phi) is 6.06. The lowest BCUT2D eigenvalue weighted by atomic mass is 9.80. The minimum absolute atomic E-state index is 0.289. The summed E-state index contributed by atoms with van der Waals surface area (Å²) in [7, 11) is 1.87. The van der Waals surface area contributed by atoms with E-state index in [0.29, 0.717) is 12.0 Å². The van der Waals surface area contributed by atoms with Crippen molar-refractivity contribution in [1.29, 1.82) is 0 Å². The average Bonchev–Trinajstić information content (AvgIpc) is 2.48. The molecule has 1 saturated carbocycles. The van der Waals surface area contributed by atoms with E-state index in [4.69, 9.17) is 4.74 Å². The van der Waals surface area contributed by atoms with E-state index in [0.717, 1.165) is 6.54 Å². The van der Waals surface area contributed by atoms with E-state index < -0.39 is 0 Å².